The molecule has 9 heteroatoms. The lowest BCUT2D eigenvalue weighted by atomic mass is 10.2. The van der Waals surface area contributed by atoms with Crippen LogP contribution in [0.5, 0.6) is 0 Å². The van der Waals surface area contributed by atoms with E-state index in [1.807, 2.05) is 6.92 Å². The molecule has 1 aromatic carbocycles. The van der Waals surface area contributed by atoms with Crippen LogP contribution in [0, 0.1) is 12.7 Å². The SMILES string of the molecule is Cc1cc(Nc2nc(Nc3ccc(C(=O)O)cc3)ncc2F)n[nH]1. The molecule has 2 heterocycles. The lowest BCUT2D eigenvalue weighted by Crippen LogP contribution is -2.04. The molecule has 0 saturated heterocycles. The Morgan fingerprint density at radius 2 is 2.00 bits per heavy atom. The van der Waals surface area contributed by atoms with Crippen molar-refractivity contribution in [2.24, 2.45) is 0 Å². The van der Waals surface area contributed by atoms with Crippen LogP contribution in [0.25, 0.3) is 0 Å². The largest absolute Gasteiger partial charge is 0.478 e. The number of carbonyl (C=O) groups is 1. The molecule has 0 aliphatic rings. The first-order valence-electron chi connectivity index (χ1n) is 6.93. The van der Waals surface area contributed by atoms with E-state index in [1.165, 1.54) is 12.1 Å². The zero-order valence-electron chi connectivity index (χ0n) is 12.5. The Labute approximate surface area is 135 Å². The van der Waals surface area contributed by atoms with Crippen LogP contribution >= 0.6 is 0 Å². The third-order valence-electron chi connectivity index (χ3n) is 3.08. The average Bonchev–Trinajstić information content (AvgIpc) is 2.96. The van der Waals surface area contributed by atoms with Crippen molar-refractivity contribution in [2.45, 2.75) is 6.92 Å². The number of nitrogens with one attached hydrogen (secondary N) is 3. The molecule has 2 aromatic heterocycles. The summed E-state index contributed by atoms with van der Waals surface area (Å²) in [5.74, 6) is -1.07. The van der Waals surface area contributed by atoms with Gasteiger partial charge in [-0.05, 0) is 31.2 Å². The first-order valence-corrected chi connectivity index (χ1v) is 6.93. The van der Waals surface area contributed by atoms with Gasteiger partial charge in [-0.3, -0.25) is 5.10 Å². The zero-order chi connectivity index (χ0) is 17.1. The highest BCUT2D eigenvalue weighted by Crippen LogP contribution is 2.20. The number of hydrogen-bond donors (Lipinski definition) is 4. The predicted octanol–water partition coefficient (Wildman–Crippen LogP) is 2.83. The van der Waals surface area contributed by atoms with Crippen molar-refractivity contribution in [2.75, 3.05) is 10.6 Å². The van der Waals surface area contributed by atoms with E-state index in [0.29, 0.717) is 11.5 Å². The van der Waals surface area contributed by atoms with Crippen molar-refractivity contribution in [1.29, 1.82) is 0 Å². The maximum Gasteiger partial charge on any atom is 0.335 e. The number of aromatic nitrogens is 4. The summed E-state index contributed by atoms with van der Waals surface area (Å²) in [6, 6.07) is 7.74. The highest BCUT2D eigenvalue weighted by atomic mass is 19.1. The van der Waals surface area contributed by atoms with Gasteiger partial charge < -0.3 is 15.7 Å². The Kier molecular flexibility index (Phi) is 4.06. The fourth-order valence-electron chi connectivity index (χ4n) is 1.94. The van der Waals surface area contributed by atoms with E-state index in [0.717, 1.165) is 11.9 Å². The van der Waals surface area contributed by atoms with Crippen LogP contribution in [0.4, 0.5) is 27.7 Å². The van der Waals surface area contributed by atoms with E-state index < -0.39 is 11.8 Å². The van der Waals surface area contributed by atoms with Crippen molar-refractivity contribution in [3.63, 3.8) is 0 Å². The number of nitrogens with zero attached hydrogens (tertiary/aromatic N) is 3. The van der Waals surface area contributed by atoms with Gasteiger partial charge in [0.2, 0.25) is 5.95 Å². The first-order chi connectivity index (χ1) is 11.5. The smallest absolute Gasteiger partial charge is 0.335 e. The highest BCUT2D eigenvalue weighted by molar-refractivity contribution is 5.88. The van der Waals surface area contributed by atoms with Gasteiger partial charge in [0.25, 0.3) is 0 Å². The van der Waals surface area contributed by atoms with Crippen LogP contribution in [0.1, 0.15) is 16.1 Å². The minimum absolute atomic E-state index is 0.0267. The van der Waals surface area contributed by atoms with Gasteiger partial charge in [-0.25, -0.2) is 14.2 Å². The third-order valence-corrected chi connectivity index (χ3v) is 3.08. The van der Waals surface area contributed by atoms with E-state index in [4.69, 9.17) is 5.11 Å². The first kappa shape index (κ1) is 15.4. The highest BCUT2D eigenvalue weighted by Gasteiger charge is 2.09. The van der Waals surface area contributed by atoms with Gasteiger partial charge in [0.1, 0.15) is 0 Å². The number of aryl methyl sites for hydroxylation is 1. The van der Waals surface area contributed by atoms with Crippen molar-refractivity contribution in [1.82, 2.24) is 20.2 Å². The Morgan fingerprint density at radius 1 is 1.25 bits per heavy atom. The molecule has 0 unspecified atom stereocenters. The van der Waals surface area contributed by atoms with Crippen molar-refractivity contribution >= 4 is 29.2 Å². The third kappa shape index (κ3) is 3.46. The molecule has 3 rings (SSSR count). The van der Waals surface area contributed by atoms with E-state index in [2.05, 4.69) is 30.8 Å². The lowest BCUT2D eigenvalue weighted by molar-refractivity contribution is 0.0697. The Morgan fingerprint density at radius 3 is 2.62 bits per heavy atom. The van der Waals surface area contributed by atoms with Crippen molar-refractivity contribution < 1.29 is 14.3 Å². The lowest BCUT2D eigenvalue weighted by Gasteiger charge is -2.08. The number of H-pyrrole nitrogens is 1. The van der Waals surface area contributed by atoms with E-state index >= 15 is 0 Å². The van der Waals surface area contributed by atoms with E-state index in [9.17, 15) is 9.18 Å². The molecule has 3 aromatic rings. The van der Waals surface area contributed by atoms with Crippen LogP contribution in [-0.2, 0) is 0 Å². The molecular weight excluding hydrogens is 315 g/mol. The number of carboxylic acid groups (broad SMARTS) is 1. The predicted molar refractivity (Wildman–Crippen MR) is 85.3 cm³/mol. The molecule has 0 amide bonds. The maximum atomic E-state index is 13.8. The van der Waals surface area contributed by atoms with Crippen LogP contribution in [0.2, 0.25) is 0 Å². The topological polar surface area (TPSA) is 116 Å². The number of benzene rings is 1. The molecule has 122 valence electrons. The number of aromatic carboxylic acids is 1. The summed E-state index contributed by atoms with van der Waals surface area (Å²) in [6.07, 6.45) is 1.03. The summed E-state index contributed by atoms with van der Waals surface area (Å²) in [5, 5.41) is 21.2. The van der Waals surface area contributed by atoms with Crippen LogP contribution in [-0.4, -0.2) is 31.2 Å². The van der Waals surface area contributed by atoms with Gasteiger partial charge in [0.05, 0.1) is 11.8 Å². The van der Waals surface area contributed by atoms with Gasteiger partial charge in [0.15, 0.2) is 17.5 Å². The molecule has 0 spiro atoms. The van der Waals surface area contributed by atoms with Gasteiger partial charge in [-0.2, -0.15) is 10.1 Å². The molecule has 8 nitrogen and oxygen atoms in total. The summed E-state index contributed by atoms with van der Waals surface area (Å²) in [7, 11) is 0. The van der Waals surface area contributed by atoms with Gasteiger partial charge in [0, 0.05) is 17.4 Å². The molecule has 0 radical (unpaired) electrons. The van der Waals surface area contributed by atoms with Crippen molar-refractivity contribution in [3.8, 4) is 0 Å². The standard InChI is InChI=1S/C15H13FN6O2/c1-8-6-12(22-21-8)19-13-11(16)7-17-15(20-13)18-10-4-2-9(3-5-10)14(23)24/h2-7H,1H3,(H,23,24)(H3,17,18,19,20,21,22). The van der Waals surface area contributed by atoms with Crippen LogP contribution < -0.4 is 10.6 Å². The second kappa shape index (κ2) is 6.32. The fraction of sp³-hybridized carbons (Fsp3) is 0.0667. The molecule has 24 heavy (non-hydrogen) atoms. The minimum atomic E-state index is -1.01. The summed E-state index contributed by atoms with van der Waals surface area (Å²) in [5.41, 5.74) is 1.56. The quantitative estimate of drug-likeness (QED) is 0.569. The Balaban J connectivity index is 1.78. The number of carboxylic acids is 1. The summed E-state index contributed by atoms with van der Waals surface area (Å²) in [6.45, 7) is 1.82. The van der Waals surface area contributed by atoms with E-state index in [1.54, 1.807) is 18.2 Å². The monoisotopic (exact) mass is 328 g/mol. The Hall–Kier alpha value is -3.49. The van der Waals surface area contributed by atoms with Crippen LogP contribution in [0.3, 0.4) is 0 Å². The average molecular weight is 328 g/mol. The molecule has 0 atom stereocenters. The van der Waals surface area contributed by atoms with E-state index in [-0.39, 0.29) is 17.3 Å². The van der Waals surface area contributed by atoms with Gasteiger partial charge >= 0.3 is 5.97 Å². The maximum absolute atomic E-state index is 13.8. The minimum Gasteiger partial charge on any atom is -0.478 e. The number of rotatable bonds is 5. The van der Waals surface area contributed by atoms with Gasteiger partial charge in [-0.1, -0.05) is 0 Å². The molecular formula is C15H13FN6O2. The molecule has 0 saturated carbocycles. The molecule has 0 bridgehead atoms. The van der Waals surface area contributed by atoms with Crippen LogP contribution in [0.15, 0.2) is 36.5 Å². The number of anilines is 4. The molecule has 0 aliphatic carbocycles. The van der Waals surface area contributed by atoms with Gasteiger partial charge in [-0.15, -0.1) is 0 Å². The molecule has 0 fully saturated rings. The second-order valence-electron chi connectivity index (χ2n) is 4.96. The number of hydrogen-bond acceptors (Lipinski definition) is 6. The molecule has 0 aliphatic heterocycles. The Bertz CT molecular complexity index is 878. The van der Waals surface area contributed by atoms with Crippen molar-refractivity contribution in [3.05, 3.63) is 53.6 Å². The number of aromatic amines is 1. The second-order valence-corrected chi connectivity index (χ2v) is 4.96. The zero-order valence-corrected chi connectivity index (χ0v) is 12.5. The number of halogens is 1. The summed E-state index contributed by atoms with van der Waals surface area (Å²) < 4.78 is 13.8. The summed E-state index contributed by atoms with van der Waals surface area (Å²) in [4.78, 5) is 18.7. The fourth-order valence-corrected chi connectivity index (χ4v) is 1.94. The normalized spacial score (nSPS) is 10.4. The molecule has 4 N–H and O–H groups in total. The summed E-state index contributed by atoms with van der Waals surface area (Å²) >= 11 is 0.